The van der Waals surface area contributed by atoms with Crippen LogP contribution in [0.2, 0.25) is 0 Å². The van der Waals surface area contributed by atoms with Gasteiger partial charge in [-0.15, -0.1) is 0 Å². The minimum absolute atomic E-state index is 0.0270. The molecule has 1 heterocycles. The maximum Gasteiger partial charge on any atom is 0.328 e. The van der Waals surface area contributed by atoms with Crippen molar-refractivity contribution in [3.8, 4) is 5.75 Å². The lowest BCUT2D eigenvalue weighted by atomic mass is 10.2. The number of aliphatic hydroxyl groups excluding tert-OH is 1. The molecule has 0 bridgehead atoms. The Bertz CT molecular complexity index is 536. The molecule has 7 heteroatoms. The van der Waals surface area contributed by atoms with Crippen LogP contribution < -0.4 is 4.74 Å². The Hall–Kier alpha value is -2.15. The highest BCUT2D eigenvalue weighted by molar-refractivity contribution is 5.86. The number of halogens is 1. The number of rotatable bonds is 4. The molecule has 2 rings (SSSR count). The number of hydrogen-bond acceptors (Lipinski definition) is 5. The van der Waals surface area contributed by atoms with Gasteiger partial charge < -0.3 is 19.5 Å². The number of carbonyl (C=O) groups is 2. The Balaban J connectivity index is 1.99. The van der Waals surface area contributed by atoms with Crippen molar-refractivity contribution in [2.24, 2.45) is 0 Å². The number of likely N-dealkylation sites (tertiary alicyclic amines) is 1. The molecule has 21 heavy (non-hydrogen) atoms. The third-order valence-corrected chi connectivity index (χ3v) is 3.26. The summed E-state index contributed by atoms with van der Waals surface area (Å²) in [6.07, 6.45) is -0.663. The predicted octanol–water partition coefficient (Wildman–Crippen LogP) is 0.339. The van der Waals surface area contributed by atoms with Gasteiger partial charge in [-0.05, 0) is 12.1 Å². The number of aliphatic hydroxyl groups is 1. The Morgan fingerprint density at radius 1 is 1.43 bits per heavy atom. The van der Waals surface area contributed by atoms with Gasteiger partial charge in [0.1, 0.15) is 6.04 Å². The van der Waals surface area contributed by atoms with Crippen molar-refractivity contribution in [2.75, 3.05) is 20.3 Å². The van der Waals surface area contributed by atoms with E-state index in [-0.39, 0.29) is 18.7 Å². The molecule has 0 spiro atoms. The zero-order valence-corrected chi connectivity index (χ0v) is 11.5. The van der Waals surface area contributed by atoms with Crippen LogP contribution in [0, 0.1) is 5.82 Å². The summed E-state index contributed by atoms with van der Waals surface area (Å²) in [5, 5.41) is 9.59. The molecule has 6 nitrogen and oxygen atoms in total. The third-order valence-electron chi connectivity index (χ3n) is 3.26. The molecule has 1 saturated heterocycles. The van der Waals surface area contributed by atoms with Crippen LogP contribution in [0.4, 0.5) is 4.39 Å². The van der Waals surface area contributed by atoms with Gasteiger partial charge in [-0.1, -0.05) is 12.1 Å². The highest BCUT2D eigenvalue weighted by Gasteiger charge is 2.39. The quantitative estimate of drug-likeness (QED) is 0.811. The summed E-state index contributed by atoms with van der Waals surface area (Å²) >= 11 is 0. The number of hydrogen-bond donors (Lipinski definition) is 1. The fourth-order valence-electron chi connectivity index (χ4n) is 2.23. The Kier molecular flexibility index (Phi) is 4.74. The lowest BCUT2D eigenvalue weighted by Gasteiger charge is -2.22. The van der Waals surface area contributed by atoms with Crippen LogP contribution in [-0.4, -0.2) is 54.3 Å². The van der Waals surface area contributed by atoms with E-state index < -0.39 is 36.4 Å². The average molecular weight is 297 g/mol. The van der Waals surface area contributed by atoms with E-state index in [0.29, 0.717) is 0 Å². The smallest absolute Gasteiger partial charge is 0.328 e. The summed E-state index contributed by atoms with van der Waals surface area (Å²) in [4.78, 5) is 24.8. The van der Waals surface area contributed by atoms with Crippen molar-refractivity contribution < 1.29 is 28.6 Å². The van der Waals surface area contributed by atoms with E-state index in [1.165, 1.54) is 30.2 Å². The molecular weight excluding hydrogens is 281 g/mol. The van der Waals surface area contributed by atoms with Crippen LogP contribution in [0.15, 0.2) is 24.3 Å². The number of esters is 1. The maximum absolute atomic E-state index is 13.4. The number of benzene rings is 1. The normalized spacial score (nSPS) is 21.2. The van der Waals surface area contributed by atoms with Crippen molar-refractivity contribution in [3.63, 3.8) is 0 Å². The minimum atomic E-state index is -0.832. The van der Waals surface area contributed by atoms with Gasteiger partial charge in [0.25, 0.3) is 5.91 Å². The van der Waals surface area contributed by atoms with E-state index in [2.05, 4.69) is 4.74 Å². The van der Waals surface area contributed by atoms with Gasteiger partial charge in [0.05, 0.1) is 13.2 Å². The summed E-state index contributed by atoms with van der Waals surface area (Å²) in [5.74, 6) is -1.72. The van der Waals surface area contributed by atoms with Crippen LogP contribution in [-0.2, 0) is 14.3 Å². The fourth-order valence-corrected chi connectivity index (χ4v) is 2.23. The molecule has 1 aliphatic heterocycles. The molecule has 114 valence electrons. The number of para-hydroxylation sites is 1. The van der Waals surface area contributed by atoms with E-state index in [1.54, 1.807) is 6.07 Å². The number of ether oxygens (including phenoxy) is 2. The molecule has 1 aliphatic rings. The number of β-amino-alcohol motifs (C(OH)–C–C–N with tert-alkyl or cyclic N) is 1. The minimum Gasteiger partial charge on any atom is -0.481 e. The Morgan fingerprint density at radius 3 is 2.81 bits per heavy atom. The van der Waals surface area contributed by atoms with Crippen LogP contribution in [0.5, 0.6) is 5.75 Å². The van der Waals surface area contributed by atoms with Gasteiger partial charge in [-0.2, -0.15) is 0 Å². The van der Waals surface area contributed by atoms with Crippen LogP contribution in [0.3, 0.4) is 0 Å². The Morgan fingerprint density at radius 2 is 2.14 bits per heavy atom. The Labute approximate surface area is 121 Å². The second kappa shape index (κ2) is 6.53. The summed E-state index contributed by atoms with van der Waals surface area (Å²) in [5.41, 5.74) is 0. The molecule has 1 amide bonds. The first kappa shape index (κ1) is 15.2. The van der Waals surface area contributed by atoms with E-state index in [9.17, 15) is 19.1 Å². The van der Waals surface area contributed by atoms with Crippen molar-refractivity contribution in [3.05, 3.63) is 30.1 Å². The number of methoxy groups -OCH3 is 1. The van der Waals surface area contributed by atoms with Crippen LogP contribution in [0.25, 0.3) is 0 Å². The fraction of sp³-hybridized carbons (Fsp3) is 0.429. The maximum atomic E-state index is 13.4. The lowest BCUT2D eigenvalue weighted by molar-refractivity contribution is -0.151. The molecular formula is C14H16FNO5. The molecule has 1 N–H and O–H groups in total. The summed E-state index contributed by atoms with van der Waals surface area (Å²) in [6.45, 7) is -0.389. The highest BCUT2D eigenvalue weighted by atomic mass is 19.1. The molecule has 0 saturated carbocycles. The van der Waals surface area contributed by atoms with Gasteiger partial charge in [0.15, 0.2) is 18.2 Å². The van der Waals surface area contributed by atoms with Crippen LogP contribution in [0.1, 0.15) is 6.42 Å². The molecule has 1 aromatic carbocycles. The van der Waals surface area contributed by atoms with Crippen LogP contribution >= 0.6 is 0 Å². The monoisotopic (exact) mass is 297 g/mol. The summed E-state index contributed by atoms with van der Waals surface area (Å²) in [6, 6.07) is 4.88. The van der Waals surface area contributed by atoms with Gasteiger partial charge >= 0.3 is 5.97 Å². The molecule has 1 fully saturated rings. The number of amides is 1. The van der Waals surface area contributed by atoms with Gasteiger partial charge in [0, 0.05) is 13.0 Å². The molecule has 0 radical (unpaired) electrons. The zero-order chi connectivity index (χ0) is 15.4. The molecule has 0 aliphatic carbocycles. The van der Waals surface area contributed by atoms with E-state index >= 15 is 0 Å². The first-order valence-electron chi connectivity index (χ1n) is 6.45. The average Bonchev–Trinajstić information content (AvgIpc) is 2.87. The summed E-state index contributed by atoms with van der Waals surface area (Å²) in [7, 11) is 1.21. The molecule has 2 atom stereocenters. The highest BCUT2D eigenvalue weighted by Crippen LogP contribution is 2.20. The number of carbonyl (C=O) groups excluding carboxylic acids is 2. The van der Waals surface area contributed by atoms with E-state index in [0.717, 1.165) is 0 Å². The van der Waals surface area contributed by atoms with Gasteiger partial charge in [-0.3, -0.25) is 4.79 Å². The van der Waals surface area contributed by atoms with Crippen molar-refractivity contribution >= 4 is 11.9 Å². The first-order valence-corrected chi connectivity index (χ1v) is 6.45. The van der Waals surface area contributed by atoms with Crippen molar-refractivity contribution in [1.29, 1.82) is 0 Å². The molecule has 2 unspecified atom stereocenters. The van der Waals surface area contributed by atoms with E-state index in [4.69, 9.17) is 4.74 Å². The van der Waals surface area contributed by atoms with Crippen molar-refractivity contribution in [2.45, 2.75) is 18.6 Å². The topological polar surface area (TPSA) is 76.1 Å². The van der Waals surface area contributed by atoms with Crippen molar-refractivity contribution in [1.82, 2.24) is 4.90 Å². The van der Waals surface area contributed by atoms with E-state index in [1.807, 2.05) is 0 Å². The summed E-state index contributed by atoms with van der Waals surface area (Å²) < 4.78 is 23.1. The standard InChI is InChI=1S/C14H16FNO5/c1-20-14(19)11-6-9(17)7-16(11)13(18)8-21-12-5-3-2-4-10(12)15/h2-5,9,11,17H,6-8H2,1H3. The van der Waals surface area contributed by atoms with Gasteiger partial charge in [0.2, 0.25) is 0 Å². The SMILES string of the molecule is COC(=O)C1CC(O)CN1C(=O)COc1ccccc1F. The second-order valence-corrected chi connectivity index (χ2v) is 4.69. The molecule has 1 aromatic rings. The first-order chi connectivity index (χ1) is 10.0. The largest absolute Gasteiger partial charge is 0.481 e. The lowest BCUT2D eigenvalue weighted by Crippen LogP contribution is -2.43. The second-order valence-electron chi connectivity index (χ2n) is 4.69. The number of nitrogens with zero attached hydrogens (tertiary/aromatic N) is 1. The third kappa shape index (κ3) is 3.49. The molecule has 0 aromatic heterocycles. The van der Waals surface area contributed by atoms with Gasteiger partial charge in [-0.25, -0.2) is 9.18 Å². The predicted molar refractivity (Wildman–Crippen MR) is 70.0 cm³/mol. The zero-order valence-electron chi connectivity index (χ0n) is 11.5.